The van der Waals surface area contributed by atoms with E-state index in [1.165, 1.54) is 0 Å². The molecule has 7 nitrogen and oxygen atoms in total. The number of rotatable bonds is 7. The van der Waals surface area contributed by atoms with Crippen molar-refractivity contribution in [3.05, 3.63) is 0 Å². The average Bonchev–Trinajstić information content (AvgIpc) is 2.73. The molecule has 1 atom stereocenters. The molecular formula is C13H22N2O5. The van der Waals surface area contributed by atoms with Crippen molar-refractivity contribution in [2.24, 2.45) is 0 Å². The fraction of sp³-hybridized carbons (Fsp3) is 0.769. The number of carbonyl (C=O) groups is 3. The molecular weight excluding hydrogens is 264 g/mol. The van der Waals surface area contributed by atoms with Crippen LogP contribution in [0.3, 0.4) is 0 Å². The van der Waals surface area contributed by atoms with Crippen molar-refractivity contribution in [3.8, 4) is 0 Å². The summed E-state index contributed by atoms with van der Waals surface area (Å²) in [6.45, 7) is 1.94. The summed E-state index contributed by atoms with van der Waals surface area (Å²) in [6.07, 6.45) is 4.09. The predicted octanol–water partition coefficient (Wildman–Crippen LogP) is 1.33. The Bertz CT molecular complexity index is 377. The highest BCUT2D eigenvalue weighted by Crippen LogP contribution is 2.28. The number of hydrogen-bond donors (Lipinski definition) is 4. The van der Waals surface area contributed by atoms with Gasteiger partial charge in [-0.05, 0) is 32.6 Å². The Hall–Kier alpha value is -1.79. The topological polar surface area (TPSA) is 116 Å². The van der Waals surface area contributed by atoms with Gasteiger partial charge in [0.15, 0.2) is 0 Å². The van der Waals surface area contributed by atoms with Crippen LogP contribution < -0.4 is 10.6 Å². The summed E-state index contributed by atoms with van der Waals surface area (Å²) < 4.78 is 0. The van der Waals surface area contributed by atoms with Crippen LogP contribution in [-0.2, 0) is 9.59 Å². The third kappa shape index (κ3) is 5.46. The normalized spacial score (nSPS) is 18.2. The number of carboxylic acids is 2. The van der Waals surface area contributed by atoms with E-state index in [0.29, 0.717) is 0 Å². The molecule has 0 unspecified atom stereocenters. The van der Waals surface area contributed by atoms with E-state index in [-0.39, 0.29) is 24.8 Å². The summed E-state index contributed by atoms with van der Waals surface area (Å²) in [5.41, 5.74) is -0.270. The van der Waals surface area contributed by atoms with Crippen LogP contribution >= 0.6 is 0 Å². The minimum atomic E-state index is -1.15. The second-order valence-electron chi connectivity index (χ2n) is 5.54. The minimum Gasteiger partial charge on any atom is -0.481 e. The lowest BCUT2D eigenvalue weighted by Crippen LogP contribution is -2.52. The van der Waals surface area contributed by atoms with Gasteiger partial charge >= 0.3 is 18.0 Å². The quantitative estimate of drug-likeness (QED) is 0.563. The van der Waals surface area contributed by atoms with E-state index in [9.17, 15) is 14.4 Å². The van der Waals surface area contributed by atoms with E-state index >= 15 is 0 Å². The Morgan fingerprint density at radius 2 is 1.80 bits per heavy atom. The van der Waals surface area contributed by atoms with E-state index in [4.69, 9.17) is 10.2 Å². The van der Waals surface area contributed by atoms with Gasteiger partial charge in [-0.1, -0.05) is 12.8 Å². The van der Waals surface area contributed by atoms with Crippen LogP contribution in [0.5, 0.6) is 0 Å². The molecule has 114 valence electrons. The Labute approximate surface area is 117 Å². The lowest BCUT2D eigenvalue weighted by molar-refractivity contribution is -0.140. The van der Waals surface area contributed by atoms with Crippen LogP contribution in [0.2, 0.25) is 0 Å². The van der Waals surface area contributed by atoms with E-state index in [1.54, 1.807) is 0 Å². The maximum Gasteiger partial charge on any atom is 0.326 e. The molecule has 20 heavy (non-hydrogen) atoms. The fourth-order valence-electron chi connectivity index (χ4n) is 2.46. The summed E-state index contributed by atoms with van der Waals surface area (Å²) in [6, 6.07) is -1.56. The Morgan fingerprint density at radius 1 is 1.20 bits per heavy atom. The van der Waals surface area contributed by atoms with Gasteiger partial charge in [0.05, 0.1) is 0 Å². The largest absolute Gasteiger partial charge is 0.481 e. The first-order chi connectivity index (χ1) is 9.32. The van der Waals surface area contributed by atoms with Crippen molar-refractivity contribution in [1.29, 1.82) is 0 Å². The highest BCUT2D eigenvalue weighted by atomic mass is 16.4. The second kappa shape index (κ2) is 7.12. The molecule has 1 aliphatic rings. The molecule has 7 heteroatoms. The van der Waals surface area contributed by atoms with Crippen LogP contribution in [0.1, 0.15) is 51.9 Å². The van der Waals surface area contributed by atoms with Gasteiger partial charge in [-0.2, -0.15) is 0 Å². The Kier molecular flexibility index (Phi) is 5.79. The third-order valence-electron chi connectivity index (χ3n) is 3.61. The molecule has 4 N–H and O–H groups in total. The molecule has 1 rings (SSSR count). The smallest absolute Gasteiger partial charge is 0.326 e. The molecule has 0 aromatic carbocycles. The molecule has 0 bridgehead atoms. The molecule has 1 fully saturated rings. The molecule has 0 heterocycles. The van der Waals surface area contributed by atoms with Gasteiger partial charge in [-0.15, -0.1) is 0 Å². The maximum absolute atomic E-state index is 11.8. The second-order valence-corrected chi connectivity index (χ2v) is 5.54. The number of nitrogens with one attached hydrogen (secondary N) is 2. The monoisotopic (exact) mass is 286 g/mol. The van der Waals surface area contributed by atoms with Crippen molar-refractivity contribution in [2.75, 3.05) is 0 Å². The average molecular weight is 286 g/mol. The highest BCUT2D eigenvalue weighted by Gasteiger charge is 2.31. The van der Waals surface area contributed by atoms with E-state index in [2.05, 4.69) is 10.6 Å². The van der Waals surface area contributed by atoms with Crippen LogP contribution in [-0.4, -0.2) is 39.8 Å². The van der Waals surface area contributed by atoms with Gasteiger partial charge in [-0.3, -0.25) is 4.79 Å². The first kappa shape index (κ1) is 16.3. The van der Waals surface area contributed by atoms with Crippen LogP contribution in [0, 0.1) is 0 Å². The minimum absolute atomic E-state index is 0.103. The molecule has 0 spiro atoms. The third-order valence-corrected chi connectivity index (χ3v) is 3.61. The van der Waals surface area contributed by atoms with Gasteiger partial charge in [0.1, 0.15) is 6.04 Å². The fourth-order valence-corrected chi connectivity index (χ4v) is 2.46. The maximum atomic E-state index is 11.8. The van der Waals surface area contributed by atoms with Gasteiger partial charge in [0.2, 0.25) is 0 Å². The SMILES string of the molecule is CC1(NC(=O)N[C@H](CCCC(=O)O)C(=O)O)CCCC1. The summed E-state index contributed by atoms with van der Waals surface area (Å²) in [5.74, 6) is -2.13. The van der Waals surface area contributed by atoms with Crippen molar-refractivity contribution in [1.82, 2.24) is 10.6 Å². The molecule has 1 aliphatic carbocycles. The molecule has 0 aromatic rings. The highest BCUT2D eigenvalue weighted by molar-refractivity contribution is 5.82. The zero-order valence-electron chi connectivity index (χ0n) is 11.6. The number of urea groups is 1. The Balaban J connectivity index is 2.42. The van der Waals surface area contributed by atoms with Crippen molar-refractivity contribution >= 4 is 18.0 Å². The first-order valence-corrected chi connectivity index (χ1v) is 6.86. The van der Waals surface area contributed by atoms with Crippen molar-refractivity contribution < 1.29 is 24.6 Å². The standard InChI is InChI=1S/C13H22N2O5/c1-13(7-2-3-8-13)15-12(20)14-9(11(18)19)5-4-6-10(16)17/h9H,2-8H2,1H3,(H,16,17)(H,18,19)(H2,14,15,20)/t9-/m1/s1. The summed E-state index contributed by atoms with van der Waals surface area (Å²) in [5, 5.41) is 22.8. The van der Waals surface area contributed by atoms with Gasteiger partial charge in [-0.25, -0.2) is 9.59 Å². The predicted molar refractivity (Wildman–Crippen MR) is 71.5 cm³/mol. The number of carbonyl (C=O) groups excluding carboxylic acids is 1. The van der Waals surface area contributed by atoms with E-state index < -0.39 is 24.0 Å². The molecule has 0 radical (unpaired) electrons. The van der Waals surface area contributed by atoms with Crippen LogP contribution in [0.25, 0.3) is 0 Å². The van der Waals surface area contributed by atoms with E-state index in [0.717, 1.165) is 25.7 Å². The van der Waals surface area contributed by atoms with E-state index in [1.807, 2.05) is 6.92 Å². The van der Waals surface area contributed by atoms with Gasteiger partial charge < -0.3 is 20.8 Å². The number of amides is 2. The molecule has 0 saturated heterocycles. The zero-order chi connectivity index (χ0) is 15.2. The van der Waals surface area contributed by atoms with Crippen molar-refractivity contribution in [2.45, 2.75) is 63.5 Å². The van der Waals surface area contributed by atoms with Gasteiger partial charge in [0.25, 0.3) is 0 Å². The lowest BCUT2D eigenvalue weighted by Gasteiger charge is -2.26. The zero-order valence-corrected chi connectivity index (χ0v) is 11.6. The molecule has 0 aliphatic heterocycles. The molecule has 0 aromatic heterocycles. The Morgan fingerprint density at radius 3 is 2.30 bits per heavy atom. The van der Waals surface area contributed by atoms with Crippen LogP contribution in [0.4, 0.5) is 4.79 Å². The summed E-state index contributed by atoms with van der Waals surface area (Å²) in [4.78, 5) is 33.3. The first-order valence-electron chi connectivity index (χ1n) is 6.86. The number of carboxylic acid groups (broad SMARTS) is 2. The number of aliphatic carboxylic acids is 2. The summed E-state index contributed by atoms with van der Waals surface area (Å²) >= 11 is 0. The number of hydrogen-bond acceptors (Lipinski definition) is 3. The van der Waals surface area contributed by atoms with Crippen molar-refractivity contribution in [3.63, 3.8) is 0 Å². The molecule has 2 amide bonds. The lowest BCUT2D eigenvalue weighted by atomic mass is 10.0. The van der Waals surface area contributed by atoms with Crippen LogP contribution in [0.15, 0.2) is 0 Å². The molecule has 1 saturated carbocycles. The van der Waals surface area contributed by atoms with Gasteiger partial charge in [0, 0.05) is 12.0 Å². The summed E-state index contributed by atoms with van der Waals surface area (Å²) in [7, 11) is 0.